The summed E-state index contributed by atoms with van der Waals surface area (Å²) in [4.78, 5) is 30.9. The Morgan fingerprint density at radius 3 is 2.79 bits per heavy atom. The lowest BCUT2D eigenvalue weighted by molar-refractivity contribution is 0.0952. The maximum atomic E-state index is 12.9. The van der Waals surface area contributed by atoms with Gasteiger partial charge in [0.05, 0.1) is 0 Å². The first-order valence-corrected chi connectivity index (χ1v) is 7.96. The second-order valence-electron chi connectivity index (χ2n) is 5.60. The molecule has 5 heteroatoms. The van der Waals surface area contributed by atoms with Crippen molar-refractivity contribution in [3.63, 3.8) is 0 Å². The summed E-state index contributed by atoms with van der Waals surface area (Å²) in [6.45, 7) is 4.58. The molecular formula is C19H19N3O2. The minimum atomic E-state index is -0.316. The fourth-order valence-electron chi connectivity index (χ4n) is 2.82. The van der Waals surface area contributed by atoms with Crippen LogP contribution in [0.4, 0.5) is 5.69 Å². The van der Waals surface area contributed by atoms with Gasteiger partial charge in [0.15, 0.2) is 0 Å². The van der Waals surface area contributed by atoms with E-state index in [1.807, 2.05) is 24.3 Å². The molecule has 1 aliphatic heterocycles. The predicted molar refractivity (Wildman–Crippen MR) is 93.2 cm³/mol. The Morgan fingerprint density at radius 2 is 1.96 bits per heavy atom. The van der Waals surface area contributed by atoms with E-state index in [4.69, 9.17) is 0 Å². The number of pyridine rings is 1. The molecule has 0 aliphatic carbocycles. The molecule has 122 valence electrons. The topological polar surface area (TPSA) is 62.3 Å². The molecule has 1 aromatic carbocycles. The maximum Gasteiger partial charge on any atom is 0.276 e. The molecular weight excluding hydrogens is 302 g/mol. The molecule has 0 radical (unpaired) electrons. The van der Waals surface area contributed by atoms with Gasteiger partial charge in [-0.15, -0.1) is 6.58 Å². The average molecular weight is 321 g/mol. The van der Waals surface area contributed by atoms with Gasteiger partial charge in [-0.05, 0) is 36.6 Å². The second-order valence-corrected chi connectivity index (χ2v) is 5.60. The van der Waals surface area contributed by atoms with Gasteiger partial charge in [-0.1, -0.05) is 30.3 Å². The quantitative estimate of drug-likeness (QED) is 0.881. The molecule has 1 aliphatic rings. The number of fused-ring (bicyclic) bond motifs is 1. The van der Waals surface area contributed by atoms with Crippen LogP contribution in [-0.4, -0.2) is 29.9 Å². The lowest BCUT2D eigenvalue weighted by atomic mass is 10.0. The molecule has 0 fully saturated rings. The third-order valence-corrected chi connectivity index (χ3v) is 3.96. The van der Waals surface area contributed by atoms with Gasteiger partial charge in [-0.25, -0.2) is 4.98 Å². The Balaban J connectivity index is 1.86. The minimum Gasteiger partial charge on any atom is -0.347 e. The summed E-state index contributed by atoms with van der Waals surface area (Å²) in [7, 11) is 0. The van der Waals surface area contributed by atoms with Crippen LogP contribution in [0.2, 0.25) is 0 Å². The molecule has 2 amide bonds. The number of carbonyl (C=O) groups excluding carboxylic acids is 2. The molecule has 1 aromatic heterocycles. The third-order valence-electron chi connectivity index (χ3n) is 3.96. The van der Waals surface area contributed by atoms with Crippen LogP contribution in [0.25, 0.3) is 0 Å². The summed E-state index contributed by atoms with van der Waals surface area (Å²) in [5.41, 5.74) is 2.60. The van der Waals surface area contributed by atoms with Gasteiger partial charge in [0.2, 0.25) is 0 Å². The van der Waals surface area contributed by atoms with E-state index >= 15 is 0 Å². The zero-order chi connectivity index (χ0) is 16.9. The number of aromatic nitrogens is 1. The van der Waals surface area contributed by atoms with E-state index in [2.05, 4.69) is 16.9 Å². The molecule has 2 aromatic rings. The first-order valence-electron chi connectivity index (χ1n) is 7.96. The highest BCUT2D eigenvalue weighted by Gasteiger charge is 2.24. The van der Waals surface area contributed by atoms with Crippen LogP contribution in [0.1, 0.15) is 33.0 Å². The van der Waals surface area contributed by atoms with E-state index in [-0.39, 0.29) is 23.2 Å². The van der Waals surface area contributed by atoms with Crippen LogP contribution in [0, 0.1) is 0 Å². The number of nitrogens with zero attached hydrogens (tertiary/aromatic N) is 2. The molecule has 0 saturated heterocycles. The second kappa shape index (κ2) is 7.08. The minimum absolute atomic E-state index is 0.180. The average Bonchev–Trinajstić information content (AvgIpc) is 2.65. The summed E-state index contributed by atoms with van der Waals surface area (Å²) < 4.78 is 0. The number of para-hydroxylation sites is 1. The Kier molecular flexibility index (Phi) is 4.70. The monoisotopic (exact) mass is 321 g/mol. The van der Waals surface area contributed by atoms with Crippen molar-refractivity contribution in [3.8, 4) is 0 Å². The fraction of sp³-hybridized carbons (Fsp3) is 0.211. The highest BCUT2D eigenvalue weighted by molar-refractivity contribution is 6.06. The standard InChI is InChI=1S/C19H19N3O2/c1-2-12-20-18(23)15-9-5-10-16(21-15)19(24)22-13-6-8-14-7-3-4-11-17(14)22/h2-5,7,9-11H,1,6,8,12-13H2,(H,20,23). The molecule has 0 bridgehead atoms. The number of nitrogens with one attached hydrogen (secondary N) is 1. The number of hydrogen-bond acceptors (Lipinski definition) is 3. The van der Waals surface area contributed by atoms with Crippen LogP contribution < -0.4 is 10.2 Å². The van der Waals surface area contributed by atoms with Crippen molar-refractivity contribution in [2.24, 2.45) is 0 Å². The van der Waals surface area contributed by atoms with Gasteiger partial charge >= 0.3 is 0 Å². The number of benzene rings is 1. The normalized spacial score (nSPS) is 13.1. The summed E-state index contributed by atoms with van der Waals surface area (Å²) in [6.07, 6.45) is 3.48. The molecule has 1 N–H and O–H groups in total. The first-order chi connectivity index (χ1) is 11.7. The predicted octanol–water partition coefficient (Wildman–Crippen LogP) is 2.59. The largest absolute Gasteiger partial charge is 0.347 e. The summed E-state index contributed by atoms with van der Waals surface area (Å²) in [5.74, 6) is -0.496. The van der Waals surface area contributed by atoms with Crippen molar-refractivity contribution in [1.82, 2.24) is 10.3 Å². The SMILES string of the molecule is C=CCNC(=O)c1cccc(C(=O)N2CCCc3ccccc32)n1. The van der Waals surface area contributed by atoms with Gasteiger partial charge in [-0.3, -0.25) is 9.59 Å². The van der Waals surface area contributed by atoms with Crippen LogP contribution in [0.3, 0.4) is 0 Å². The van der Waals surface area contributed by atoms with Gasteiger partial charge < -0.3 is 10.2 Å². The van der Waals surface area contributed by atoms with Crippen molar-refractivity contribution in [1.29, 1.82) is 0 Å². The van der Waals surface area contributed by atoms with E-state index in [1.54, 1.807) is 29.2 Å². The number of carbonyl (C=O) groups is 2. The molecule has 2 heterocycles. The number of anilines is 1. The Hall–Kier alpha value is -2.95. The maximum absolute atomic E-state index is 12.9. The van der Waals surface area contributed by atoms with E-state index in [1.165, 1.54) is 0 Å². The molecule has 5 nitrogen and oxygen atoms in total. The lowest BCUT2D eigenvalue weighted by Gasteiger charge is -2.29. The van der Waals surface area contributed by atoms with E-state index in [9.17, 15) is 9.59 Å². The van der Waals surface area contributed by atoms with Crippen molar-refractivity contribution in [2.75, 3.05) is 18.0 Å². The third kappa shape index (κ3) is 3.20. The number of hydrogen-bond donors (Lipinski definition) is 1. The summed E-state index contributed by atoms with van der Waals surface area (Å²) in [5, 5.41) is 2.67. The van der Waals surface area contributed by atoms with Crippen LogP contribution >= 0.6 is 0 Å². The van der Waals surface area contributed by atoms with Crippen LogP contribution in [0.5, 0.6) is 0 Å². The molecule has 0 saturated carbocycles. The molecule has 0 atom stereocenters. The molecule has 3 rings (SSSR count). The van der Waals surface area contributed by atoms with Crippen molar-refractivity contribution in [2.45, 2.75) is 12.8 Å². The number of rotatable bonds is 4. The van der Waals surface area contributed by atoms with Gasteiger partial charge in [0.1, 0.15) is 11.4 Å². The van der Waals surface area contributed by atoms with Crippen molar-refractivity contribution < 1.29 is 9.59 Å². The number of amides is 2. The summed E-state index contributed by atoms with van der Waals surface area (Å²) >= 11 is 0. The fourth-order valence-corrected chi connectivity index (χ4v) is 2.82. The lowest BCUT2D eigenvalue weighted by Crippen LogP contribution is -2.36. The Morgan fingerprint density at radius 1 is 1.17 bits per heavy atom. The highest BCUT2D eigenvalue weighted by atomic mass is 16.2. The number of aryl methyl sites for hydroxylation is 1. The van der Waals surface area contributed by atoms with E-state index < -0.39 is 0 Å². The Labute approximate surface area is 141 Å². The zero-order valence-corrected chi connectivity index (χ0v) is 13.4. The van der Waals surface area contributed by atoms with Crippen molar-refractivity contribution in [3.05, 3.63) is 72.1 Å². The molecule has 24 heavy (non-hydrogen) atoms. The smallest absolute Gasteiger partial charge is 0.276 e. The van der Waals surface area contributed by atoms with Gasteiger partial charge in [0.25, 0.3) is 11.8 Å². The molecule has 0 unspecified atom stereocenters. The highest BCUT2D eigenvalue weighted by Crippen LogP contribution is 2.27. The molecule has 0 spiro atoms. The van der Waals surface area contributed by atoms with Crippen LogP contribution in [-0.2, 0) is 6.42 Å². The van der Waals surface area contributed by atoms with Gasteiger partial charge in [0, 0.05) is 18.8 Å². The Bertz CT molecular complexity index is 786. The van der Waals surface area contributed by atoms with Crippen molar-refractivity contribution >= 4 is 17.5 Å². The van der Waals surface area contributed by atoms with E-state index in [0.29, 0.717) is 13.1 Å². The zero-order valence-electron chi connectivity index (χ0n) is 13.4. The first kappa shape index (κ1) is 15.9. The summed E-state index contributed by atoms with van der Waals surface area (Å²) in [6, 6.07) is 12.8. The van der Waals surface area contributed by atoms with Crippen LogP contribution in [0.15, 0.2) is 55.1 Å². The van der Waals surface area contributed by atoms with E-state index in [0.717, 1.165) is 24.1 Å². The van der Waals surface area contributed by atoms with Gasteiger partial charge in [-0.2, -0.15) is 0 Å².